The van der Waals surface area contributed by atoms with Crippen LogP contribution in [0.25, 0.3) is 0 Å². The van der Waals surface area contributed by atoms with E-state index in [2.05, 4.69) is 9.47 Å². The fourth-order valence-electron chi connectivity index (χ4n) is 2.21. The molecule has 154 valence electrons. The van der Waals surface area contributed by atoms with Gasteiger partial charge in [0.15, 0.2) is 0 Å². The van der Waals surface area contributed by atoms with Crippen molar-refractivity contribution in [3.63, 3.8) is 0 Å². The first-order valence-electron chi connectivity index (χ1n) is 7.63. The van der Waals surface area contributed by atoms with E-state index in [1.807, 2.05) is 0 Å². The number of rotatable bonds is 6. The number of carbonyl (C=O) groups is 2. The van der Waals surface area contributed by atoms with Gasteiger partial charge in [0.05, 0.1) is 31.2 Å². The number of carboxylic acid groups (broad SMARTS) is 1. The van der Waals surface area contributed by atoms with Crippen molar-refractivity contribution < 1.29 is 38.8 Å². The van der Waals surface area contributed by atoms with Crippen LogP contribution in [0, 0.1) is 20.2 Å². The molecule has 0 heterocycles. The monoisotopic (exact) mass is 408 g/mol. The lowest BCUT2D eigenvalue weighted by atomic mass is 10.2. The molecule has 0 amide bonds. The topological polar surface area (TPSA) is 168 Å². The van der Waals surface area contributed by atoms with Gasteiger partial charge in [-0.1, -0.05) is 12.1 Å². The van der Waals surface area contributed by atoms with E-state index >= 15 is 0 Å². The molecule has 2 aromatic carbocycles. The Kier molecular flexibility index (Phi) is 8.03. The second kappa shape index (κ2) is 10.2. The zero-order valence-electron chi connectivity index (χ0n) is 15.5. The number of nitro benzene ring substituents is 2. The molecule has 2 aromatic rings. The first kappa shape index (κ1) is 22.8. The highest BCUT2D eigenvalue weighted by atomic mass is 16.6. The Balaban J connectivity index is 0.000000291. The molecule has 12 nitrogen and oxygen atoms in total. The number of hydrogen-bond donors (Lipinski definition) is 1. The third-order valence-electron chi connectivity index (χ3n) is 3.43. The van der Waals surface area contributed by atoms with Gasteiger partial charge in [-0.2, -0.15) is 0 Å². The third-order valence-corrected chi connectivity index (χ3v) is 3.43. The van der Waals surface area contributed by atoms with Crippen molar-refractivity contribution in [1.82, 2.24) is 0 Å². The fourth-order valence-corrected chi connectivity index (χ4v) is 2.21. The minimum absolute atomic E-state index is 0.0363. The van der Waals surface area contributed by atoms with Crippen LogP contribution in [0.5, 0.6) is 11.5 Å². The molecule has 0 saturated carbocycles. The number of carbonyl (C=O) groups excluding carboxylic acids is 1. The average molecular weight is 408 g/mol. The van der Waals surface area contributed by atoms with Crippen molar-refractivity contribution in [3.8, 4) is 11.5 Å². The van der Waals surface area contributed by atoms with Crippen LogP contribution in [-0.4, -0.2) is 48.2 Å². The standard InChI is InChI=1S/C9H9NO5.C8H7NO5/c1-14-8-6(9(11)15-2)4-3-5-7(8)10(12)13;1-14-7-5(8(10)11)3-2-4-6(7)9(12)13/h3-5H,1-2H3;2-4H,1H3,(H,10,11). The maximum absolute atomic E-state index is 11.2. The third kappa shape index (κ3) is 5.38. The lowest BCUT2D eigenvalue weighted by Gasteiger charge is -2.06. The number of nitro groups is 2. The summed E-state index contributed by atoms with van der Waals surface area (Å²) >= 11 is 0. The van der Waals surface area contributed by atoms with Crippen molar-refractivity contribution in [2.45, 2.75) is 0 Å². The maximum Gasteiger partial charge on any atom is 0.341 e. The zero-order chi connectivity index (χ0) is 22.1. The lowest BCUT2D eigenvalue weighted by Crippen LogP contribution is -2.05. The molecule has 0 fully saturated rings. The number of ether oxygens (including phenoxy) is 3. The van der Waals surface area contributed by atoms with Gasteiger partial charge in [-0.3, -0.25) is 20.2 Å². The summed E-state index contributed by atoms with van der Waals surface area (Å²) in [7, 11) is 3.64. The normalized spacial score (nSPS) is 9.48. The highest BCUT2D eigenvalue weighted by molar-refractivity contribution is 5.94. The van der Waals surface area contributed by atoms with E-state index in [1.54, 1.807) is 0 Å². The fraction of sp³-hybridized carbons (Fsp3) is 0.176. The van der Waals surface area contributed by atoms with Crippen LogP contribution in [0.4, 0.5) is 11.4 Å². The van der Waals surface area contributed by atoms with Gasteiger partial charge in [-0.25, -0.2) is 9.59 Å². The molecular weight excluding hydrogens is 392 g/mol. The van der Waals surface area contributed by atoms with E-state index in [-0.39, 0.29) is 34.0 Å². The van der Waals surface area contributed by atoms with Gasteiger partial charge in [-0.05, 0) is 12.1 Å². The second-order valence-corrected chi connectivity index (χ2v) is 5.03. The van der Waals surface area contributed by atoms with Crippen LogP contribution in [0.1, 0.15) is 20.7 Å². The highest BCUT2D eigenvalue weighted by Crippen LogP contribution is 2.31. The number of aromatic carboxylic acids is 1. The van der Waals surface area contributed by atoms with Gasteiger partial charge >= 0.3 is 23.3 Å². The van der Waals surface area contributed by atoms with Gasteiger partial charge < -0.3 is 19.3 Å². The lowest BCUT2D eigenvalue weighted by molar-refractivity contribution is -0.385. The predicted octanol–water partition coefficient (Wildman–Crippen LogP) is 2.69. The van der Waals surface area contributed by atoms with E-state index in [0.29, 0.717) is 0 Å². The Morgan fingerprint density at radius 1 is 0.828 bits per heavy atom. The van der Waals surface area contributed by atoms with Gasteiger partial charge in [0.2, 0.25) is 11.5 Å². The Morgan fingerprint density at radius 2 is 1.24 bits per heavy atom. The minimum atomic E-state index is -1.26. The molecule has 0 aliphatic rings. The molecule has 0 spiro atoms. The molecule has 0 saturated heterocycles. The van der Waals surface area contributed by atoms with Gasteiger partial charge in [0.25, 0.3) is 0 Å². The predicted molar refractivity (Wildman–Crippen MR) is 97.6 cm³/mol. The summed E-state index contributed by atoms with van der Waals surface area (Å²) < 4.78 is 14.0. The van der Waals surface area contributed by atoms with Crippen LogP contribution < -0.4 is 9.47 Å². The van der Waals surface area contributed by atoms with E-state index in [4.69, 9.17) is 9.84 Å². The van der Waals surface area contributed by atoms with Gasteiger partial charge in [0.1, 0.15) is 11.1 Å². The number of esters is 1. The van der Waals surface area contributed by atoms with Gasteiger partial charge in [-0.15, -0.1) is 0 Å². The first-order chi connectivity index (χ1) is 13.7. The summed E-state index contributed by atoms with van der Waals surface area (Å²) in [6, 6.07) is 7.78. The molecule has 0 atom stereocenters. The molecular formula is C17H16N2O10. The largest absolute Gasteiger partial charge is 0.490 e. The number of nitrogens with zero attached hydrogens (tertiary/aromatic N) is 2. The van der Waals surface area contributed by atoms with E-state index < -0.39 is 21.8 Å². The van der Waals surface area contributed by atoms with Crippen molar-refractivity contribution in [1.29, 1.82) is 0 Å². The Labute approximate surface area is 163 Å². The smallest absolute Gasteiger partial charge is 0.341 e. The summed E-state index contributed by atoms with van der Waals surface area (Å²) in [5.74, 6) is -2.25. The second-order valence-electron chi connectivity index (χ2n) is 5.03. The quantitative estimate of drug-likeness (QED) is 0.426. The van der Waals surface area contributed by atoms with Crippen LogP contribution in [0.2, 0.25) is 0 Å². The minimum Gasteiger partial charge on any atom is -0.490 e. The first-order valence-corrected chi connectivity index (χ1v) is 7.63. The summed E-state index contributed by atoms with van der Waals surface area (Å²) in [5.41, 5.74) is -0.802. The summed E-state index contributed by atoms with van der Waals surface area (Å²) in [5, 5.41) is 29.8. The SMILES string of the molecule is COC(=O)c1cccc([N+](=O)[O-])c1OC.COc1c(C(=O)O)cccc1[N+](=O)[O-]. The van der Waals surface area contributed by atoms with Crippen LogP contribution in [0.15, 0.2) is 36.4 Å². The molecule has 0 radical (unpaired) electrons. The zero-order valence-corrected chi connectivity index (χ0v) is 15.5. The number of para-hydroxylation sites is 2. The molecule has 12 heteroatoms. The van der Waals surface area contributed by atoms with E-state index in [0.717, 1.165) is 0 Å². The van der Waals surface area contributed by atoms with E-state index in [9.17, 15) is 29.8 Å². The Hall–Kier alpha value is -4.22. The Morgan fingerprint density at radius 3 is 1.59 bits per heavy atom. The molecule has 2 rings (SSSR count). The van der Waals surface area contributed by atoms with Crippen molar-refractivity contribution in [2.75, 3.05) is 21.3 Å². The maximum atomic E-state index is 11.2. The molecule has 29 heavy (non-hydrogen) atoms. The van der Waals surface area contributed by atoms with Crippen molar-refractivity contribution in [3.05, 3.63) is 67.8 Å². The number of hydrogen-bond acceptors (Lipinski definition) is 9. The van der Waals surface area contributed by atoms with Crippen molar-refractivity contribution >= 4 is 23.3 Å². The van der Waals surface area contributed by atoms with Crippen LogP contribution in [0.3, 0.4) is 0 Å². The summed E-state index contributed by atoms with van der Waals surface area (Å²) in [4.78, 5) is 41.7. The average Bonchev–Trinajstić information content (AvgIpc) is 2.71. The van der Waals surface area contributed by atoms with Crippen molar-refractivity contribution in [2.24, 2.45) is 0 Å². The summed E-state index contributed by atoms with van der Waals surface area (Å²) in [6.45, 7) is 0. The molecule has 1 N–H and O–H groups in total. The number of carboxylic acids is 1. The molecule has 0 aliphatic heterocycles. The van der Waals surface area contributed by atoms with Gasteiger partial charge in [0, 0.05) is 12.1 Å². The Bertz CT molecular complexity index is 910. The van der Waals surface area contributed by atoms with Crippen LogP contribution in [-0.2, 0) is 4.74 Å². The molecule has 0 unspecified atom stereocenters. The number of benzene rings is 2. The number of methoxy groups -OCH3 is 3. The van der Waals surface area contributed by atoms with E-state index in [1.165, 1.54) is 57.7 Å². The molecule has 0 aliphatic carbocycles. The molecule has 0 bridgehead atoms. The molecule has 0 aromatic heterocycles. The highest BCUT2D eigenvalue weighted by Gasteiger charge is 2.23. The van der Waals surface area contributed by atoms with Crippen LogP contribution >= 0.6 is 0 Å². The summed E-state index contributed by atoms with van der Waals surface area (Å²) in [6.07, 6.45) is 0.